The highest BCUT2D eigenvalue weighted by atomic mass is 16.6. The fourth-order valence-corrected chi connectivity index (χ4v) is 9.29. The van der Waals surface area contributed by atoms with Crippen molar-refractivity contribution in [2.24, 2.45) is 40.4 Å². The largest absolute Gasteiger partial charge is 0.461 e. The molecule has 2 fully saturated rings. The first-order chi connectivity index (χ1) is 18.2. The van der Waals surface area contributed by atoms with Gasteiger partial charge in [-0.1, -0.05) is 39.3 Å². The van der Waals surface area contributed by atoms with Crippen LogP contribution in [0.5, 0.6) is 0 Å². The normalized spacial score (nSPS) is 38.0. The van der Waals surface area contributed by atoms with Gasteiger partial charge >= 0.3 is 17.9 Å². The van der Waals surface area contributed by atoms with E-state index in [0.29, 0.717) is 41.4 Å². The Labute approximate surface area is 235 Å². The number of esters is 3. The van der Waals surface area contributed by atoms with Crippen LogP contribution in [0, 0.1) is 40.4 Å². The van der Waals surface area contributed by atoms with Gasteiger partial charge in [-0.05, 0) is 99.0 Å². The van der Waals surface area contributed by atoms with Crippen LogP contribution in [0.4, 0.5) is 0 Å². The quantitative estimate of drug-likeness (QED) is 0.244. The molecule has 0 aromatic rings. The van der Waals surface area contributed by atoms with Crippen LogP contribution in [-0.2, 0) is 28.6 Å². The third-order valence-electron chi connectivity index (χ3n) is 10.9. The molecule has 9 atom stereocenters. The van der Waals surface area contributed by atoms with Crippen molar-refractivity contribution in [1.29, 1.82) is 0 Å². The topological polar surface area (TPSA) is 78.9 Å². The summed E-state index contributed by atoms with van der Waals surface area (Å²) in [6.07, 6.45) is 14.5. The van der Waals surface area contributed by atoms with Gasteiger partial charge in [0.05, 0.1) is 0 Å². The van der Waals surface area contributed by atoms with Crippen LogP contribution in [0.15, 0.2) is 23.8 Å². The van der Waals surface area contributed by atoms with E-state index in [1.807, 2.05) is 13.8 Å². The molecule has 0 bridgehead atoms. The minimum atomic E-state index is -0.410. The Balaban J connectivity index is 1.52. The smallest absolute Gasteiger partial charge is 0.303 e. The van der Waals surface area contributed by atoms with Crippen LogP contribution in [0.2, 0.25) is 0 Å². The lowest BCUT2D eigenvalue weighted by Crippen LogP contribution is -2.55. The maximum atomic E-state index is 12.2. The second kappa shape index (κ2) is 11.0. The summed E-state index contributed by atoms with van der Waals surface area (Å²) in [6, 6.07) is 0. The van der Waals surface area contributed by atoms with Gasteiger partial charge in [-0.2, -0.15) is 0 Å². The second-order valence-electron chi connectivity index (χ2n) is 14.0. The minimum Gasteiger partial charge on any atom is -0.461 e. The van der Waals surface area contributed by atoms with E-state index in [9.17, 15) is 14.4 Å². The lowest BCUT2D eigenvalue weighted by atomic mass is 9.47. The average Bonchev–Trinajstić information content (AvgIpc) is 3.15. The minimum absolute atomic E-state index is 0.209. The molecule has 0 unspecified atom stereocenters. The third kappa shape index (κ3) is 5.86. The van der Waals surface area contributed by atoms with Crippen LogP contribution in [0.3, 0.4) is 0 Å². The van der Waals surface area contributed by atoms with Crippen LogP contribution >= 0.6 is 0 Å². The van der Waals surface area contributed by atoms with Crippen molar-refractivity contribution in [1.82, 2.24) is 0 Å². The summed E-state index contributed by atoms with van der Waals surface area (Å²) in [5.41, 5.74) is 0.746. The molecule has 0 saturated heterocycles. The Morgan fingerprint density at radius 1 is 1.00 bits per heavy atom. The number of allylic oxidation sites excluding steroid dienone is 2. The molecular formula is C33H50O6. The Bertz CT molecular complexity index is 1030. The Morgan fingerprint density at radius 3 is 2.33 bits per heavy atom. The number of fused-ring (bicyclic) bond motifs is 5. The Morgan fingerprint density at radius 2 is 1.69 bits per heavy atom. The van der Waals surface area contributed by atoms with E-state index in [1.54, 1.807) is 0 Å². The summed E-state index contributed by atoms with van der Waals surface area (Å²) in [5.74, 6) is 1.97. The van der Waals surface area contributed by atoms with Crippen molar-refractivity contribution in [3.05, 3.63) is 23.8 Å². The van der Waals surface area contributed by atoms with E-state index in [1.165, 1.54) is 40.0 Å². The zero-order valence-electron chi connectivity index (χ0n) is 25.4. The van der Waals surface area contributed by atoms with Crippen LogP contribution < -0.4 is 0 Å². The Hall–Kier alpha value is -2.11. The van der Waals surface area contributed by atoms with Crippen LogP contribution in [-0.4, -0.2) is 35.7 Å². The van der Waals surface area contributed by atoms with Crippen molar-refractivity contribution in [2.75, 3.05) is 0 Å². The molecule has 4 aliphatic rings. The van der Waals surface area contributed by atoms with Crippen molar-refractivity contribution < 1.29 is 28.6 Å². The molecule has 0 amide bonds. The zero-order valence-corrected chi connectivity index (χ0v) is 25.4. The number of carbonyl (C=O) groups is 3. The lowest BCUT2D eigenvalue weighted by molar-refractivity contribution is -0.164. The highest BCUT2D eigenvalue weighted by Gasteiger charge is 2.61. The van der Waals surface area contributed by atoms with Gasteiger partial charge in [0.25, 0.3) is 0 Å². The first-order valence-corrected chi connectivity index (χ1v) is 15.1. The molecule has 4 aliphatic carbocycles. The van der Waals surface area contributed by atoms with Crippen molar-refractivity contribution >= 4 is 17.9 Å². The molecule has 6 nitrogen and oxygen atoms in total. The summed E-state index contributed by atoms with van der Waals surface area (Å²) >= 11 is 0. The highest BCUT2D eigenvalue weighted by molar-refractivity contribution is 5.67. The molecule has 0 heterocycles. The Kier molecular flexibility index (Phi) is 8.46. The standard InChI is InChI=1S/C33H50O6/c1-20(10-9-16-31(5,6)39-23(4)36)27-13-14-28-26-12-11-24-18-25(37-21(2)34)19-30(38-22(3)35)33(24,8)29(26)15-17-32(27,28)7/h11-12,18,20,25-30H,9-10,13-17,19H2,1-8H3/t20-,25+,26+,27-,28+,29+,30+,32-,33+/m1/s1. The molecule has 6 heteroatoms. The predicted molar refractivity (Wildman–Crippen MR) is 150 cm³/mol. The molecule has 0 radical (unpaired) electrons. The van der Waals surface area contributed by atoms with E-state index in [0.717, 1.165) is 31.3 Å². The summed E-state index contributed by atoms with van der Waals surface area (Å²) < 4.78 is 17.1. The van der Waals surface area contributed by atoms with Gasteiger partial charge in [0.2, 0.25) is 0 Å². The lowest BCUT2D eigenvalue weighted by Gasteiger charge is -2.58. The van der Waals surface area contributed by atoms with E-state index in [2.05, 4.69) is 39.0 Å². The maximum Gasteiger partial charge on any atom is 0.303 e. The van der Waals surface area contributed by atoms with Crippen LogP contribution in [0.25, 0.3) is 0 Å². The van der Waals surface area contributed by atoms with Gasteiger partial charge in [0.1, 0.15) is 17.8 Å². The van der Waals surface area contributed by atoms with E-state index >= 15 is 0 Å². The number of carbonyl (C=O) groups excluding carboxylic acids is 3. The monoisotopic (exact) mass is 542 g/mol. The maximum absolute atomic E-state index is 12.2. The number of hydrogen-bond acceptors (Lipinski definition) is 6. The van der Waals surface area contributed by atoms with Gasteiger partial charge in [0, 0.05) is 32.6 Å². The van der Waals surface area contributed by atoms with E-state index < -0.39 is 5.60 Å². The molecule has 0 aromatic heterocycles. The summed E-state index contributed by atoms with van der Waals surface area (Å²) in [7, 11) is 0. The molecule has 218 valence electrons. The van der Waals surface area contributed by atoms with Gasteiger partial charge < -0.3 is 14.2 Å². The van der Waals surface area contributed by atoms with Gasteiger partial charge in [-0.3, -0.25) is 14.4 Å². The fraction of sp³-hybridized carbons (Fsp3) is 0.788. The predicted octanol–water partition coefficient (Wildman–Crippen LogP) is 6.96. The van der Waals surface area contributed by atoms with Gasteiger partial charge in [-0.25, -0.2) is 0 Å². The summed E-state index contributed by atoms with van der Waals surface area (Å²) in [6.45, 7) is 15.7. The molecule has 0 spiro atoms. The molecule has 0 aliphatic heterocycles. The first-order valence-electron chi connectivity index (χ1n) is 15.1. The third-order valence-corrected chi connectivity index (χ3v) is 10.9. The zero-order chi connectivity index (χ0) is 28.8. The van der Waals surface area contributed by atoms with Gasteiger partial charge in [-0.15, -0.1) is 0 Å². The number of rotatable bonds is 8. The van der Waals surface area contributed by atoms with E-state index in [-0.39, 0.29) is 35.5 Å². The number of ether oxygens (including phenoxy) is 3. The van der Waals surface area contributed by atoms with Crippen molar-refractivity contribution in [3.8, 4) is 0 Å². The van der Waals surface area contributed by atoms with Gasteiger partial charge in [0.15, 0.2) is 0 Å². The van der Waals surface area contributed by atoms with Crippen molar-refractivity contribution in [3.63, 3.8) is 0 Å². The molecule has 2 saturated carbocycles. The summed E-state index contributed by atoms with van der Waals surface area (Å²) in [5, 5.41) is 0. The fourth-order valence-electron chi connectivity index (χ4n) is 9.29. The molecule has 4 rings (SSSR count). The average molecular weight is 543 g/mol. The van der Waals surface area contributed by atoms with Crippen LogP contribution in [0.1, 0.15) is 107 Å². The molecule has 39 heavy (non-hydrogen) atoms. The molecule has 0 aromatic carbocycles. The first kappa shape index (κ1) is 29.9. The SMILES string of the molecule is CC(=O)O[C@H]1C[C@@H](OC(C)=O)C=C2C=C[C@H]3[C@@H]4CC[C@H]([C@H](C)CCCC(C)(C)OC(C)=O)[C@@]4(C)CC[C@@H]3[C@]21C. The molecular weight excluding hydrogens is 492 g/mol. The molecule has 0 N–H and O–H groups in total. The number of hydrogen-bond donors (Lipinski definition) is 0. The summed E-state index contributed by atoms with van der Waals surface area (Å²) in [4.78, 5) is 35.3. The highest BCUT2D eigenvalue weighted by Crippen LogP contribution is 2.66. The second-order valence-corrected chi connectivity index (χ2v) is 14.0. The van der Waals surface area contributed by atoms with Crippen molar-refractivity contribution in [2.45, 2.75) is 125 Å². The van der Waals surface area contributed by atoms with E-state index in [4.69, 9.17) is 14.2 Å².